The fraction of sp³-hybridized carbons (Fsp3) is 0.387. The van der Waals surface area contributed by atoms with Gasteiger partial charge in [0.2, 0.25) is 0 Å². The van der Waals surface area contributed by atoms with Gasteiger partial charge in [-0.1, -0.05) is 34.9 Å². The van der Waals surface area contributed by atoms with E-state index in [1.807, 2.05) is 32.1 Å². The Hall–Kier alpha value is -3.47. The van der Waals surface area contributed by atoms with E-state index in [0.29, 0.717) is 35.5 Å². The lowest BCUT2D eigenvalue weighted by Gasteiger charge is -2.16. The number of methoxy groups -OCH3 is 2. The second-order valence-electron chi connectivity index (χ2n) is 9.63. The number of ether oxygens (including phenoxy) is 2. The molecule has 5 heteroatoms. The van der Waals surface area contributed by atoms with Crippen LogP contribution in [0.25, 0.3) is 0 Å². The average Bonchev–Trinajstić information content (AvgIpc) is 2.82. The molecule has 0 fully saturated rings. The Morgan fingerprint density at radius 2 is 1.53 bits per heavy atom. The Labute approximate surface area is 215 Å². The first-order chi connectivity index (χ1) is 17.0. The van der Waals surface area contributed by atoms with Gasteiger partial charge in [0.25, 0.3) is 0 Å². The molecule has 36 heavy (non-hydrogen) atoms. The van der Waals surface area contributed by atoms with Crippen molar-refractivity contribution in [2.45, 2.75) is 66.7 Å². The van der Waals surface area contributed by atoms with Crippen LogP contribution in [0.15, 0.2) is 59.2 Å². The van der Waals surface area contributed by atoms with E-state index < -0.39 is 0 Å². The molecule has 0 unspecified atom stereocenters. The van der Waals surface area contributed by atoms with E-state index >= 15 is 0 Å². The first-order valence-corrected chi connectivity index (χ1v) is 12.3. The molecule has 0 saturated carbocycles. The molecular formula is C31H40O5. The molecule has 0 spiro atoms. The van der Waals surface area contributed by atoms with Crippen molar-refractivity contribution < 1.29 is 24.5 Å². The van der Waals surface area contributed by atoms with E-state index in [9.17, 15) is 15.0 Å². The second-order valence-corrected chi connectivity index (χ2v) is 9.63. The maximum absolute atomic E-state index is 13.4. The number of Topliss-reactive ketones (excluding diaryl/α,β-unsaturated/α-hetero) is 1. The summed E-state index contributed by atoms with van der Waals surface area (Å²) < 4.78 is 11.1. The minimum absolute atomic E-state index is 0.111. The molecule has 2 rings (SSSR count). The molecule has 2 aromatic carbocycles. The minimum Gasteiger partial charge on any atom is -0.504 e. The van der Waals surface area contributed by atoms with Crippen LogP contribution in [-0.4, -0.2) is 30.2 Å². The Balaban J connectivity index is 2.40. The summed E-state index contributed by atoms with van der Waals surface area (Å²) in [7, 11) is 3.20. The molecule has 0 aliphatic heterocycles. The normalized spacial score (nSPS) is 11.1. The van der Waals surface area contributed by atoms with Gasteiger partial charge in [0.05, 0.1) is 14.2 Å². The zero-order valence-corrected chi connectivity index (χ0v) is 22.7. The van der Waals surface area contributed by atoms with Gasteiger partial charge in [-0.2, -0.15) is 0 Å². The summed E-state index contributed by atoms with van der Waals surface area (Å²) in [6.45, 7) is 10.2. The molecule has 0 atom stereocenters. The van der Waals surface area contributed by atoms with Gasteiger partial charge in [-0.3, -0.25) is 4.79 Å². The van der Waals surface area contributed by atoms with Crippen molar-refractivity contribution in [2.24, 2.45) is 0 Å². The van der Waals surface area contributed by atoms with E-state index in [4.69, 9.17) is 9.47 Å². The predicted octanol–water partition coefficient (Wildman–Crippen LogP) is 7.28. The number of hydrogen-bond acceptors (Lipinski definition) is 5. The lowest BCUT2D eigenvalue weighted by molar-refractivity contribution is 0.0992. The molecule has 0 aliphatic carbocycles. The van der Waals surface area contributed by atoms with Gasteiger partial charge >= 0.3 is 0 Å². The van der Waals surface area contributed by atoms with Gasteiger partial charge in [0.1, 0.15) is 11.5 Å². The number of carbonyl (C=O) groups is 1. The van der Waals surface area contributed by atoms with Gasteiger partial charge in [0, 0.05) is 29.2 Å². The van der Waals surface area contributed by atoms with Crippen LogP contribution in [0.1, 0.15) is 74.5 Å². The Morgan fingerprint density at radius 1 is 0.833 bits per heavy atom. The Kier molecular flexibility index (Phi) is 10.8. The van der Waals surface area contributed by atoms with Gasteiger partial charge in [-0.25, -0.2) is 0 Å². The van der Waals surface area contributed by atoms with Crippen LogP contribution >= 0.6 is 0 Å². The molecule has 0 saturated heterocycles. The lowest BCUT2D eigenvalue weighted by atomic mass is 9.93. The third kappa shape index (κ3) is 8.33. The molecule has 194 valence electrons. The summed E-state index contributed by atoms with van der Waals surface area (Å²) in [6, 6.07) is 6.68. The van der Waals surface area contributed by atoms with Gasteiger partial charge < -0.3 is 19.7 Å². The molecule has 5 nitrogen and oxygen atoms in total. The maximum Gasteiger partial charge on any atom is 0.167 e. The fourth-order valence-corrected chi connectivity index (χ4v) is 3.91. The first-order valence-electron chi connectivity index (χ1n) is 12.3. The van der Waals surface area contributed by atoms with Crippen molar-refractivity contribution in [3.63, 3.8) is 0 Å². The van der Waals surface area contributed by atoms with Crippen LogP contribution in [0.4, 0.5) is 0 Å². The van der Waals surface area contributed by atoms with Crippen molar-refractivity contribution in [1.82, 2.24) is 0 Å². The minimum atomic E-state index is -0.295. The zero-order chi connectivity index (χ0) is 26.8. The highest BCUT2D eigenvalue weighted by atomic mass is 16.5. The Morgan fingerprint density at radius 3 is 2.14 bits per heavy atom. The summed E-state index contributed by atoms with van der Waals surface area (Å²) in [5, 5.41) is 20.5. The van der Waals surface area contributed by atoms with Gasteiger partial charge in [-0.15, -0.1) is 0 Å². The van der Waals surface area contributed by atoms with E-state index in [2.05, 4.69) is 32.9 Å². The van der Waals surface area contributed by atoms with E-state index in [-0.39, 0.29) is 23.7 Å². The van der Waals surface area contributed by atoms with Crippen molar-refractivity contribution in [1.29, 1.82) is 0 Å². The predicted molar refractivity (Wildman–Crippen MR) is 147 cm³/mol. The van der Waals surface area contributed by atoms with E-state index in [1.165, 1.54) is 17.2 Å². The average molecular weight is 493 g/mol. The molecule has 2 N–H and O–H groups in total. The lowest BCUT2D eigenvalue weighted by Crippen LogP contribution is -2.08. The summed E-state index contributed by atoms with van der Waals surface area (Å²) in [4.78, 5) is 13.4. The van der Waals surface area contributed by atoms with Crippen molar-refractivity contribution in [3.05, 3.63) is 81.5 Å². The molecule has 0 bridgehead atoms. The number of carbonyl (C=O) groups excluding carboxylic acids is 1. The summed E-state index contributed by atoms with van der Waals surface area (Å²) >= 11 is 0. The van der Waals surface area contributed by atoms with E-state index in [0.717, 1.165) is 29.5 Å². The van der Waals surface area contributed by atoms with Crippen LogP contribution in [0, 0.1) is 0 Å². The summed E-state index contributed by atoms with van der Waals surface area (Å²) in [6.07, 6.45) is 9.49. The third-order valence-corrected chi connectivity index (χ3v) is 6.05. The number of phenolic OH excluding ortho intramolecular Hbond substituents is 2. The highest BCUT2D eigenvalue weighted by Crippen LogP contribution is 2.34. The molecule has 0 heterocycles. The molecule has 0 aromatic heterocycles. The summed E-state index contributed by atoms with van der Waals surface area (Å²) in [5.41, 5.74) is 6.27. The summed E-state index contributed by atoms with van der Waals surface area (Å²) in [5.74, 6) is 0.631. The van der Waals surface area contributed by atoms with Crippen LogP contribution in [0.2, 0.25) is 0 Å². The standard InChI is InChI=1S/C31H40O5/c1-20(2)9-8-10-22(5)12-14-27-24(16-26(35-6)19-30(27)36-7)17-28(32)25-15-23(13-11-21(3)4)31(34)29(33)18-25/h9,11-12,15-16,18-19,33-34H,8,10,13-14,17H2,1-7H3/b22-12+. The SMILES string of the molecule is COc1cc(CC(=O)c2cc(O)c(O)c(CC=C(C)C)c2)c(C/C=C(\C)CCC=C(C)C)c(OC)c1. The molecule has 0 amide bonds. The van der Waals surface area contributed by atoms with Crippen molar-refractivity contribution in [2.75, 3.05) is 14.2 Å². The van der Waals surface area contributed by atoms with Crippen molar-refractivity contribution in [3.8, 4) is 23.0 Å². The second kappa shape index (κ2) is 13.6. The van der Waals surface area contributed by atoms with Gasteiger partial charge in [0.15, 0.2) is 17.3 Å². The van der Waals surface area contributed by atoms with Crippen LogP contribution < -0.4 is 9.47 Å². The molecule has 0 aliphatic rings. The number of phenols is 2. The largest absolute Gasteiger partial charge is 0.504 e. The zero-order valence-electron chi connectivity index (χ0n) is 22.7. The van der Waals surface area contributed by atoms with Gasteiger partial charge in [-0.05, 0) is 84.1 Å². The highest BCUT2D eigenvalue weighted by Gasteiger charge is 2.18. The Bertz CT molecular complexity index is 1160. The first kappa shape index (κ1) is 28.8. The van der Waals surface area contributed by atoms with E-state index in [1.54, 1.807) is 20.3 Å². The monoisotopic (exact) mass is 492 g/mol. The van der Waals surface area contributed by atoms with Crippen LogP contribution in [0.3, 0.4) is 0 Å². The number of ketones is 1. The third-order valence-electron chi connectivity index (χ3n) is 6.05. The molecule has 0 radical (unpaired) electrons. The fourth-order valence-electron chi connectivity index (χ4n) is 3.91. The number of aromatic hydroxyl groups is 2. The highest BCUT2D eigenvalue weighted by molar-refractivity contribution is 5.98. The maximum atomic E-state index is 13.4. The number of hydrogen-bond donors (Lipinski definition) is 2. The number of rotatable bonds is 12. The number of allylic oxidation sites excluding steroid dienone is 6. The van der Waals surface area contributed by atoms with Crippen LogP contribution in [-0.2, 0) is 19.3 Å². The van der Waals surface area contributed by atoms with Crippen molar-refractivity contribution >= 4 is 5.78 Å². The quantitative estimate of drug-likeness (QED) is 0.185. The van der Waals surface area contributed by atoms with Crippen LogP contribution in [0.5, 0.6) is 23.0 Å². The molecular weight excluding hydrogens is 452 g/mol. The number of benzene rings is 2. The molecule has 2 aromatic rings. The smallest absolute Gasteiger partial charge is 0.167 e. The topological polar surface area (TPSA) is 76.0 Å².